The maximum Gasteiger partial charge on any atom is 0.305 e. The molecule has 0 fully saturated rings. The Morgan fingerprint density at radius 2 is 2.00 bits per heavy atom. The van der Waals surface area contributed by atoms with Gasteiger partial charge in [0.25, 0.3) is 0 Å². The molecule has 0 amide bonds. The molecule has 0 spiro atoms. The molecule has 0 aliphatic rings. The minimum Gasteiger partial charge on any atom is -0.469 e. The number of aryl methyl sites for hydroxylation is 1. The summed E-state index contributed by atoms with van der Waals surface area (Å²) in [6, 6.07) is 5.91. The SMILES string of the molecule is C.CC.CCC(=O)OC.Cn1nc(CO)c2cc(Br)ccc21. The van der Waals surface area contributed by atoms with E-state index in [0.717, 1.165) is 21.1 Å². The number of hydrogen-bond acceptors (Lipinski definition) is 4. The van der Waals surface area contributed by atoms with Gasteiger partial charge in [-0.2, -0.15) is 5.10 Å². The van der Waals surface area contributed by atoms with Crippen LogP contribution in [0.4, 0.5) is 0 Å². The van der Waals surface area contributed by atoms with Crippen molar-refractivity contribution in [1.82, 2.24) is 9.78 Å². The Balaban J connectivity index is 0. The van der Waals surface area contributed by atoms with Crippen molar-refractivity contribution in [2.75, 3.05) is 7.11 Å². The minimum atomic E-state index is -0.157. The number of carbonyl (C=O) groups excluding carboxylic acids is 1. The predicted octanol–water partition coefficient (Wildman–Crippen LogP) is 4.06. The fraction of sp³-hybridized carbons (Fsp3) is 0.500. The average molecular weight is 375 g/mol. The number of rotatable bonds is 2. The smallest absolute Gasteiger partial charge is 0.305 e. The molecule has 0 atom stereocenters. The van der Waals surface area contributed by atoms with E-state index in [1.165, 1.54) is 7.11 Å². The summed E-state index contributed by atoms with van der Waals surface area (Å²) in [5.74, 6) is -0.157. The first-order valence-electron chi connectivity index (χ1n) is 6.82. The number of methoxy groups -OCH3 is 1. The van der Waals surface area contributed by atoms with Gasteiger partial charge in [0.2, 0.25) is 0 Å². The van der Waals surface area contributed by atoms with E-state index in [0.29, 0.717) is 6.42 Å². The first kappa shape index (κ1) is 22.9. The van der Waals surface area contributed by atoms with E-state index in [1.807, 2.05) is 39.1 Å². The van der Waals surface area contributed by atoms with Crippen molar-refractivity contribution >= 4 is 32.8 Å². The van der Waals surface area contributed by atoms with Crippen LogP contribution in [0.5, 0.6) is 0 Å². The molecule has 22 heavy (non-hydrogen) atoms. The number of aromatic nitrogens is 2. The molecule has 0 aliphatic heterocycles. The molecule has 1 aromatic heterocycles. The van der Waals surface area contributed by atoms with Gasteiger partial charge in [-0.25, -0.2) is 0 Å². The second-order valence-corrected chi connectivity index (χ2v) is 4.74. The van der Waals surface area contributed by atoms with Crippen molar-refractivity contribution in [3.63, 3.8) is 0 Å². The number of benzene rings is 1. The van der Waals surface area contributed by atoms with Crippen LogP contribution in [0.2, 0.25) is 0 Å². The van der Waals surface area contributed by atoms with Gasteiger partial charge in [0.1, 0.15) is 0 Å². The monoisotopic (exact) mass is 374 g/mol. The van der Waals surface area contributed by atoms with Gasteiger partial charge in [0, 0.05) is 23.3 Å². The number of aliphatic hydroxyl groups excluding tert-OH is 1. The van der Waals surface area contributed by atoms with E-state index in [-0.39, 0.29) is 20.0 Å². The molecule has 1 heterocycles. The Morgan fingerprint density at radius 3 is 2.41 bits per heavy atom. The van der Waals surface area contributed by atoms with Crippen LogP contribution in [0.25, 0.3) is 10.9 Å². The van der Waals surface area contributed by atoms with Gasteiger partial charge in [-0.15, -0.1) is 0 Å². The van der Waals surface area contributed by atoms with E-state index >= 15 is 0 Å². The summed E-state index contributed by atoms with van der Waals surface area (Å²) in [6.45, 7) is 5.74. The van der Waals surface area contributed by atoms with Gasteiger partial charge in [-0.1, -0.05) is 44.1 Å². The average Bonchev–Trinajstić information content (AvgIpc) is 2.84. The minimum absolute atomic E-state index is 0. The molecule has 1 N–H and O–H groups in total. The molecule has 1 aromatic carbocycles. The van der Waals surface area contributed by atoms with Crippen molar-refractivity contribution in [3.05, 3.63) is 28.4 Å². The Hall–Kier alpha value is -1.40. The standard InChI is InChI=1S/C9H9BrN2O.C4H8O2.C2H6.CH4/c1-12-9-3-2-6(10)4-7(9)8(5-13)11-12;1-3-4(5)6-2;1-2;/h2-4,13H,5H2,1H3;3H2,1-2H3;1-2H3;1H4. The quantitative estimate of drug-likeness (QED) is 0.804. The number of aliphatic hydroxyl groups is 1. The summed E-state index contributed by atoms with van der Waals surface area (Å²) in [7, 11) is 3.25. The normalized spacial score (nSPS) is 8.86. The van der Waals surface area contributed by atoms with Gasteiger partial charge in [-0.05, 0) is 18.2 Å². The predicted molar refractivity (Wildman–Crippen MR) is 94.7 cm³/mol. The summed E-state index contributed by atoms with van der Waals surface area (Å²) in [6.07, 6.45) is 0.469. The highest BCUT2D eigenvalue weighted by Gasteiger charge is 2.06. The van der Waals surface area contributed by atoms with Gasteiger partial charge >= 0.3 is 5.97 Å². The lowest BCUT2D eigenvalue weighted by Gasteiger charge is -1.93. The zero-order chi connectivity index (χ0) is 16.4. The molecule has 2 rings (SSSR count). The molecule has 6 heteroatoms. The molecule has 5 nitrogen and oxygen atoms in total. The molecule has 2 aromatic rings. The lowest BCUT2D eigenvalue weighted by atomic mass is 10.2. The van der Waals surface area contributed by atoms with Gasteiger partial charge in [-0.3, -0.25) is 9.48 Å². The summed E-state index contributed by atoms with van der Waals surface area (Å²) in [4.78, 5) is 9.96. The largest absolute Gasteiger partial charge is 0.469 e. The van der Waals surface area contributed by atoms with Gasteiger partial charge in [0.15, 0.2) is 0 Å². The van der Waals surface area contributed by atoms with E-state index in [2.05, 4.69) is 25.8 Å². The highest BCUT2D eigenvalue weighted by molar-refractivity contribution is 9.10. The third kappa shape index (κ3) is 6.58. The molecule has 126 valence electrons. The zero-order valence-electron chi connectivity index (χ0n) is 13.2. The van der Waals surface area contributed by atoms with Crippen LogP contribution < -0.4 is 0 Å². The molecular formula is C16H27BrN2O3. The van der Waals surface area contributed by atoms with E-state index in [4.69, 9.17) is 5.11 Å². The van der Waals surface area contributed by atoms with Crippen LogP contribution in [0, 0.1) is 0 Å². The van der Waals surface area contributed by atoms with Crippen LogP contribution in [0.15, 0.2) is 22.7 Å². The van der Waals surface area contributed by atoms with Crippen LogP contribution in [-0.4, -0.2) is 28.0 Å². The first-order chi connectivity index (χ1) is 10.0. The highest BCUT2D eigenvalue weighted by Crippen LogP contribution is 2.22. The Bertz CT molecular complexity index is 562. The number of nitrogens with zero attached hydrogens (tertiary/aromatic N) is 2. The number of hydrogen-bond donors (Lipinski definition) is 1. The number of carbonyl (C=O) groups is 1. The second-order valence-electron chi connectivity index (χ2n) is 3.82. The lowest BCUT2D eigenvalue weighted by Crippen LogP contribution is -1.94. The maximum absolute atomic E-state index is 9.96. The fourth-order valence-electron chi connectivity index (χ4n) is 1.57. The summed E-state index contributed by atoms with van der Waals surface area (Å²) in [5, 5.41) is 14.2. The van der Waals surface area contributed by atoms with E-state index in [9.17, 15) is 4.79 Å². The summed E-state index contributed by atoms with van der Waals surface area (Å²) >= 11 is 3.39. The molecular weight excluding hydrogens is 348 g/mol. The molecule has 0 radical (unpaired) electrons. The number of ether oxygens (including phenoxy) is 1. The van der Waals surface area contributed by atoms with Crippen molar-refractivity contribution in [2.24, 2.45) is 7.05 Å². The van der Waals surface area contributed by atoms with Crippen molar-refractivity contribution in [3.8, 4) is 0 Å². The van der Waals surface area contributed by atoms with Crippen LogP contribution in [0.3, 0.4) is 0 Å². The molecule has 0 aliphatic carbocycles. The Kier molecular flexibility index (Phi) is 12.7. The van der Waals surface area contributed by atoms with Crippen molar-refractivity contribution in [1.29, 1.82) is 0 Å². The second kappa shape index (κ2) is 12.2. The van der Waals surface area contributed by atoms with Crippen molar-refractivity contribution < 1.29 is 14.6 Å². The van der Waals surface area contributed by atoms with Gasteiger partial charge in [0.05, 0.1) is 24.9 Å². The topological polar surface area (TPSA) is 64.4 Å². The number of fused-ring (bicyclic) bond motifs is 1. The third-order valence-electron chi connectivity index (χ3n) is 2.55. The van der Waals surface area contributed by atoms with Crippen LogP contribution >= 0.6 is 15.9 Å². The summed E-state index contributed by atoms with van der Waals surface area (Å²) in [5.41, 5.74) is 1.76. The zero-order valence-corrected chi connectivity index (χ0v) is 14.8. The number of halogens is 1. The van der Waals surface area contributed by atoms with Crippen LogP contribution in [-0.2, 0) is 23.2 Å². The van der Waals surface area contributed by atoms with E-state index in [1.54, 1.807) is 11.6 Å². The number of esters is 1. The van der Waals surface area contributed by atoms with Gasteiger partial charge < -0.3 is 9.84 Å². The Labute approximate surface area is 141 Å². The van der Waals surface area contributed by atoms with Crippen LogP contribution in [0.1, 0.15) is 40.3 Å². The maximum atomic E-state index is 9.96. The molecule has 0 bridgehead atoms. The molecule has 0 saturated heterocycles. The lowest BCUT2D eigenvalue weighted by molar-refractivity contribution is -0.140. The first-order valence-corrected chi connectivity index (χ1v) is 7.61. The Morgan fingerprint density at radius 1 is 1.41 bits per heavy atom. The molecule has 0 saturated carbocycles. The fourth-order valence-corrected chi connectivity index (χ4v) is 1.93. The third-order valence-corrected chi connectivity index (χ3v) is 3.05. The van der Waals surface area contributed by atoms with Crippen molar-refractivity contribution in [2.45, 2.75) is 41.2 Å². The molecule has 0 unspecified atom stereocenters. The van der Waals surface area contributed by atoms with E-state index < -0.39 is 0 Å². The summed E-state index contributed by atoms with van der Waals surface area (Å²) < 4.78 is 7.03. The highest BCUT2D eigenvalue weighted by atomic mass is 79.9.